The summed E-state index contributed by atoms with van der Waals surface area (Å²) >= 11 is 0. The lowest BCUT2D eigenvalue weighted by Gasteiger charge is -2.28. The van der Waals surface area contributed by atoms with Crippen molar-refractivity contribution in [3.8, 4) is 0 Å². The van der Waals surface area contributed by atoms with Crippen molar-refractivity contribution in [3.05, 3.63) is 29.8 Å². The first kappa shape index (κ1) is 20.8. The molecule has 1 unspecified atom stereocenters. The number of ether oxygens (including phenoxy) is 1. The normalized spacial score (nSPS) is 25.3. The predicted octanol–water partition coefficient (Wildman–Crippen LogP) is 4.02. The van der Waals surface area contributed by atoms with Crippen LogP contribution in [-0.4, -0.2) is 31.1 Å². The number of nitrogens with one attached hydrogen (secondary N) is 2. The van der Waals surface area contributed by atoms with Crippen LogP contribution >= 0.6 is 0 Å². The summed E-state index contributed by atoms with van der Waals surface area (Å²) in [6.07, 6.45) is 5.37. The lowest BCUT2D eigenvalue weighted by molar-refractivity contribution is -0.128. The molecule has 2 fully saturated rings. The molecule has 0 radical (unpaired) electrons. The largest absolute Gasteiger partial charge is 0.376 e. The van der Waals surface area contributed by atoms with Gasteiger partial charge in [0.05, 0.1) is 6.10 Å². The molecule has 2 N–H and O–H groups in total. The Hall–Kier alpha value is -1.88. The first-order chi connectivity index (χ1) is 13.3. The smallest absolute Gasteiger partial charge is 0.227 e. The third-order valence-corrected chi connectivity index (χ3v) is 5.99. The molecule has 1 aromatic rings. The number of amides is 2. The summed E-state index contributed by atoms with van der Waals surface area (Å²) in [6.45, 7) is 7.87. The molecule has 5 nitrogen and oxygen atoms in total. The van der Waals surface area contributed by atoms with Crippen LogP contribution < -0.4 is 10.6 Å². The Kier molecular flexibility index (Phi) is 6.76. The van der Waals surface area contributed by atoms with E-state index in [0.717, 1.165) is 56.4 Å². The average molecular weight is 387 g/mol. The number of carbonyl (C=O) groups is 2. The highest BCUT2D eigenvalue weighted by atomic mass is 16.5. The maximum absolute atomic E-state index is 12.8. The van der Waals surface area contributed by atoms with Crippen molar-refractivity contribution < 1.29 is 14.3 Å². The van der Waals surface area contributed by atoms with Crippen molar-refractivity contribution in [1.82, 2.24) is 5.32 Å². The number of anilines is 1. The van der Waals surface area contributed by atoms with E-state index in [0.29, 0.717) is 6.54 Å². The molecule has 0 aromatic heterocycles. The van der Waals surface area contributed by atoms with E-state index in [1.165, 1.54) is 0 Å². The number of benzene rings is 1. The molecule has 5 heteroatoms. The third kappa shape index (κ3) is 5.34. The van der Waals surface area contributed by atoms with Crippen molar-refractivity contribution in [2.24, 2.45) is 11.8 Å². The van der Waals surface area contributed by atoms with Crippen molar-refractivity contribution in [1.29, 1.82) is 0 Å². The second kappa shape index (κ2) is 9.08. The summed E-state index contributed by atoms with van der Waals surface area (Å²) in [5, 5.41) is 6.17. The molecule has 1 aromatic carbocycles. The number of para-hydroxylation sites is 1. The lowest BCUT2D eigenvalue weighted by Crippen LogP contribution is -2.38. The fourth-order valence-corrected chi connectivity index (χ4v) is 4.26. The Morgan fingerprint density at radius 2 is 1.64 bits per heavy atom. The van der Waals surface area contributed by atoms with E-state index in [4.69, 9.17) is 4.74 Å². The topological polar surface area (TPSA) is 67.4 Å². The van der Waals surface area contributed by atoms with E-state index >= 15 is 0 Å². The van der Waals surface area contributed by atoms with Gasteiger partial charge in [0.1, 0.15) is 0 Å². The van der Waals surface area contributed by atoms with E-state index in [-0.39, 0.29) is 35.2 Å². The van der Waals surface area contributed by atoms with Gasteiger partial charge in [-0.05, 0) is 55.6 Å². The standard InChI is InChI=1S/C23H34N2O3/c1-23(2,3)19-8-4-5-9-20(19)25-22(27)17-12-10-16(11-13-17)21(26)24-15-18-7-6-14-28-18/h4-5,8-9,16-18H,6-7,10-15H2,1-3H3,(H,24,26)(H,25,27). The molecule has 1 aliphatic carbocycles. The number of hydrogen-bond donors (Lipinski definition) is 2. The van der Waals surface area contributed by atoms with Gasteiger partial charge in [0.25, 0.3) is 0 Å². The summed E-state index contributed by atoms with van der Waals surface area (Å²) in [4.78, 5) is 25.2. The molecule has 2 aliphatic rings. The van der Waals surface area contributed by atoms with E-state index in [2.05, 4.69) is 37.5 Å². The second-order valence-electron chi connectivity index (χ2n) is 9.21. The predicted molar refractivity (Wildman–Crippen MR) is 111 cm³/mol. The monoisotopic (exact) mass is 386 g/mol. The van der Waals surface area contributed by atoms with E-state index in [1.807, 2.05) is 18.2 Å². The van der Waals surface area contributed by atoms with Crippen LogP contribution in [0.2, 0.25) is 0 Å². The highest BCUT2D eigenvalue weighted by Crippen LogP contribution is 2.32. The van der Waals surface area contributed by atoms with Crippen molar-refractivity contribution >= 4 is 17.5 Å². The van der Waals surface area contributed by atoms with Crippen LogP contribution in [0.1, 0.15) is 64.9 Å². The quantitative estimate of drug-likeness (QED) is 0.803. The van der Waals surface area contributed by atoms with Gasteiger partial charge in [0.2, 0.25) is 11.8 Å². The van der Waals surface area contributed by atoms with Gasteiger partial charge < -0.3 is 15.4 Å². The van der Waals surface area contributed by atoms with Gasteiger partial charge >= 0.3 is 0 Å². The molecule has 2 amide bonds. The summed E-state index contributed by atoms with van der Waals surface area (Å²) < 4.78 is 5.56. The van der Waals surface area contributed by atoms with Crippen LogP contribution in [-0.2, 0) is 19.7 Å². The van der Waals surface area contributed by atoms with E-state index in [9.17, 15) is 9.59 Å². The minimum Gasteiger partial charge on any atom is -0.376 e. The van der Waals surface area contributed by atoms with E-state index in [1.54, 1.807) is 0 Å². The SMILES string of the molecule is CC(C)(C)c1ccccc1NC(=O)C1CCC(C(=O)NCC2CCCO2)CC1. The molecule has 0 bridgehead atoms. The molecule has 3 rings (SSSR count). The lowest BCUT2D eigenvalue weighted by atomic mass is 9.80. The zero-order valence-electron chi connectivity index (χ0n) is 17.4. The van der Waals surface area contributed by atoms with Crippen LogP contribution in [0, 0.1) is 11.8 Å². The minimum atomic E-state index is -0.0251. The molecule has 1 atom stereocenters. The first-order valence-corrected chi connectivity index (χ1v) is 10.6. The molecule has 0 spiro atoms. The minimum absolute atomic E-state index is 0.0183. The fourth-order valence-electron chi connectivity index (χ4n) is 4.26. The number of rotatable bonds is 5. The van der Waals surface area contributed by atoms with Crippen LogP contribution in [0.5, 0.6) is 0 Å². The summed E-state index contributed by atoms with van der Waals surface area (Å²) in [6, 6.07) is 8.02. The van der Waals surface area contributed by atoms with E-state index < -0.39 is 0 Å². The highest BCUT2D eigenvalue weighted by molar-refractivity contribution is 5.93. The Balaban J connectivity index is 1.48. The highest BCUT2D eigenvalue weighted by Gasteiger charge is 2.31. The zero-order chi connectivity index (χ0) is 20.1. The maximum atomic E-state index is 12.8. The Labute approximate surface area is 168 Å². The molecular weight excluding hydrogens is 352 g/mol. The van der Waals surface area contributed by atoms with Gasteiger partial charge in [0.15, 0.2) is 0 Å². The third-order valence-electron chi connectivity index (χ3n) is 5.99. The molecule has 28 heavy (non-hydrogen) atoms. The Morgan fingerprint density at radius 1 is 1.00 bits per heavy atom. The Bertz CT molecular complexity index is 681. The van der Waals surface area contributed by atoms with Crippen molar-refractivity contribution in [2.45, 2.75) is 70.8 Å². The second-order valence-corrected chi connectivity index (χ2v) is 9.21. The van der Waals surface area contributed by atoms with Crippen molar-refractivity contribution in [2.75, 3.05) is 18.5 Å². The maximum Gasteiger partial charge on any atom is 0.227 e. The first-order valence-electron chi connectivity index (χ1n) is 10.6. The molecule has 1 aliphatic heterocycles. The number of carbonyl (C=O) groups excluding carboxylic acids is 2. The van der Waals surface area contributed by atoms with Gasteiger partial charge in [-0.2, -0.15) is 0 Å². The fraction of sp³-hybridized carbons (Fsp3) is 0.652. The van der Waals surface area contributed by atoms with Gasteiger partial charge in [-0.3, -0.25) is 9.59 Å². The molecular formula is C23H34N2O3. The molecule has 1 saturated carbocycles. The molecule has 1 heterocycles. The number of hydrogen-bond acceptors (Lipinski definition) is 3. The van der Waals surface area contributed by atoms with Crippen molar-refractivity contribution in [3.63, 3.8) is 0 Å². The Morgan fingerprint density at radius 3 is 2.25 bits per heavy atom. The summed E-state index contributed by atoms with van der Waals surface area (Å²) in [7, 11) is 0. The summed E-state index contributed by atoms with van der Waals surface area (Å²) in [5.74, 6) is 0.199. The summed E-state index contributed by atoms with van der Waals surface area (Å²) in [5.41, 5.74) is 2.02. The molecule has 1 saturated heterocycles. The van der Waals surface area contributed by atoms with Crippen LogP contribution in [0.15, 0.2) is 24.3 Å². The van der Waals surface area contributed by atoms with Crippen LogP contribution in [0.3, 0.4) is 0 Å². The van der Waals surface area contributed by atoms with Gasteiger partial charge in [-0.25, -0.2) is 0 Å². The van der Waals surface area contributed by atoms with Gasteiger partial charge in [-0.15, -0.1) is 0 Å². The molecule has 154 valence electrons. The van der Waals surface area contributed by atoms with Gasteiger partial charge in [0, 0.05) is 30.7 Å². The van der Waals surface area contributed by atoms with Crippen LogP contribution in [0.25, 0.3) is 0 Å². The zero-order valence-corrected chi connectivity index (χ0v) is 17.4. The van der Waals surface area contributed by atoms with Gasteiger partial charge in [-0.1, -0.05) is 39.0 Å². The average Bonchev–Trinajstić information content (AvgIpc) is 3.19. The van der Waals surface area contributed by atoms with Crippen LogP contribution in [0.4, 0.5) is 5.69 Å².